The van der Waals surface area contributed by atoms with Gasteiger partial charge in [-0.05, 0) is 31.9 Å². The van der Waals surface area contributed by atoms with Gasteiger partial charge in [-0.15, -0.1) is 11.3 Å². The lowest BCUT2D eigenvalue weighted by Crippen LogP contribution is -2.29. The minimum Gasteiger partial charge on any atom is -0.293 e. The van der Waals surface area contributed by atoms with Crippen LogP contribution in [-0.4, -0.2) is 5.78 Å². The Bertz CT molecular complexity index is 358. The van der Waals surface area contributed by atoms with Crippen LogP contribution >= 0.6 is 11.3 Å². The summed E-state index contributed by atoms with van der Waals surface area (Å²) in [6.45, 7) is 4.20. The maximum atomic E-state index is 12.3. The number of carbonyl (C=O) groups is 1. The van der Waals surface area contributed by atoms with Gasteiger partial charge in [-0.3, -0.25) is 4.79 Å². The molecule has 1 nitrogen and oxygen atoms in total. The lowest BCUT2D eigenvalue weighted by Gasteiger charge is -2.31. The second-order valence-electron chi connectivity index (χ2n) is 4.86. The van der Waals surface area contributed by atoms with E-state index in [9.17, 15) is 4.79 Å². The van der Waals surface area contributed by atoms with Crippen molar-refractivity contribution in [1.29, 1.82) is 0 Å². The molecule has 1 aliphatic rings. The highest BCUT2D eigenvalue weighted by Gasteiger charge is 2.35. The maximum absolute atomic E-state index is 12.3. The first-order chi connectivity index (χ1) is 7.12. The molecule has 1 heterocycles. The van der Waals surface area contributed by atoms with Crippen molar-refractivity contribution in [2.24, 2.45) is 5.41 Å². The van der Waals surface area contributed by atoms with Crippen molar-refractivity contribution in [2.45, 2.75) is 46.0 Å². The molecule has 0 radical (unpaired) electrons. The van der Waals surface area contributed by atoms with Crippen molar-refractivity contribution in [3.8, 4) is 0 Å². The maximum Gasteiger partial charge on any atom is 0.178 e. The van der Waals surface area contributed by atoms with Crippen molar-refractivity contribution in [1.82, 2.24) is 0 Å². The van der Waals surface area contributed by atoms with E-state index in [1.165, 1.54) is 24.1 Å². The third kappa shape index (κ3) is 2.15. The third-order valence-electron chi connectivity index (χ3n) is 3.47. The molecule has 0 N–H and O–H groups in total. The fourth-order valence-corrected chi connectivity index (χ4v) is 3.37. The van der Waals surface area contributed by atoms with Crippen LogP contribution in [0.4, 0.5) is 0 Å². The van der Waals surface area contributed by atoms with Crippen LogP contribution in [-0.2, 0) is 0 Å². The Morgan fingerprint density at radius 1 is 1.27 bits per heavy atom. The standard InChI is InChI=1S/C13H18OS/c1-10-6-7-11(15-10)12(14)13(2)8-4-3-5-9-13/h6-7H,3-5,8-9H2,1-2H3. The van der Waals surface area contributed by atoms with E-state index in [-0.39, 0.29) is 5.41 Å². The van der Waals surface area contributed by atoms with Crippen molar-refractivity contribution in [3.05, 3.63) is 21.9 Å². The average Bonchev–Trinajstić information content (AvgIpc) is 2.65. The van der Waals surface area contributed by atoms with Gasteiger partial charge >= 0.3 is 0 Å². The number of hydrogen-bond acceptors (Lipinski definition) is 2. The van der Waals surface area contributed by atoms with E-state index < -0.39 is 0 Å². The summed E-state index contributed by atoms with van der Waals surface area (Å²) in [5.41, 5.74) is -0.0739. The van der Waals surface area contributed by atoms with E-state index in [2.05, 4.69) is 13.8 Å². The fraction of sp³-hybridized carbons (Fsp3) is 0.615. The molecule has 0 aliphatic heterocycles. The SMILES string of the molecule is Cc1ccc(C(=O)C2(C)CCCCC2)s1. The zero-order chi connectivity index (χ0) is 10.9. The molecule has 2 heteroatoms. The molecule has 1 aromatic heterocycles. The predicted molar refractivity (Wildman–Crippen MR) is 64.6 cm³/mol. The van der Waals surface area contributed by atoms with E-state index in [0.717, 1.165) is 17.7 Å². The van der Waals surface area contributed by atoms with E-state index in [0.29, 0.717) is 5.78 Å². The Morgan fingerprint density at radius 2 is 1.93 bits per heavy atom. The Hall–Kier alpha value is -0.630. The van der Waals surface area contributed by atoms with Crippen molar-refractivity contribution in [2.75, 3.05) is 0 Å². The first-order valence-electron chi connectivity index (χ1n) is 5.73. The lowest BCUT2D eigenvalue weighted by atomic mass is 9.72. The molecule has 1 aliphatic carbocycles. The molecule has 1 saturated carbocycles. The number of ketones is 1. The average molecular weight is 222 g/mol. The summed E-state index contributed by atoms with van der Waals surface area (Å²) in [4.78, 5) is 14.5. The van der Waals surface area contributed by atoms with E-state index in [1.54, 1.807) is 11.3 Å². The summed E-state index contributed by atoms with van der Waals surface area (Å²) < 4.78 is 0. The highest BCUT2D eigenvalue weighted by Crippen LogP contribution is 2.39. The molecule has 0 spiro atoms. The highest BCUT2D eigenvalue weighted by molar-refractivity contribution is 7.14. The van der Waals surface area contributed by atoms with Gasteiger partial charge in [-0.2, -0.15) is 0 Å². The third-order valence-corrected chi connectivity index (χ3v) is 4.47. The molecule has 0 saturated heterocycles. The molecule has 1 fully saturated rings. The summed E-state index contributed by atoms with van der Waals surface area (Å²) >= 11 is 1.64. The van der Waals surface area contributed by atoms with E-state index in [1.807, 2.05) is 12.1 Å². The van der Waals surface area contributed by atoms with Crippen molar-refractivity contribution >= 4 is 17.1 Å². The van der Waals surface area contributed by atoms with Gasteiger partial charge in [-0.25, -0.2) is 0 Å². The second kappa shape index (κ2) is 4.09. The monoisotopic (exact) mass is 222 g/mol. The lowest BCUT2D eigenvalue weighted by molar-refractivity contribution is 0.0754. The second-order valence-corrected chi connectivity index (χ2v) is 6.15. The van der Waals surface area contributed by atoms with E-state index in [4.69, 9.17) is 0 Å². The van der Waals surface area contributed by atoms with E-state index >= 15 is 0 Å². The summed E-state index contributed by atoms with van der Waals surface area (Å²) in [5.74, 6) is 0.375. The van der Waals surface area contributed by atoms with Crippen LogP contribution in [0.5, 0.6) is 0 Å². The summed E-state index contributed by atoms with van der Waals surface area (Å²) in [7, 11) is 0. The topological polar surface area (TPSA) is 17.1 Å². The number of rotatable bonds is 2. The molecular formula is C13H18OS. The molecule has 82 valence electrons. The normalized spacial score (nSPS) is 20.1. The summed E-state index contributed by atoms with van der Waals surface area (Å²) in [5, 5.41) is 0. The molecule has 0 atom stereocenters. The molecule has 1 aromatic rings. The van der Waals surface area contributed by atoms with Crippen LogP contribution in [0.3, 0.4) is 0 Å². The number of hydrogen-bond donors (Lipinski definition) is 0. The van der Waals surface area contributed by atoms with Crippen molar-refractivity contribution in [3.63, 3.8) is 0 Å². The quantitative estimate of drug-likeness (QED) is 0.685. The van der Waals surface area contributed by atoms with Crippen LogP contribution in [0, 0.1) is 12.3 Å². The van der Waals surface area contributed by atoms with Crippen LogP contribution in [0.15, 0.2) is 12.1 Å². The molecule has 0 unspecified atom stereocenters. The zero-order valence-electron chi connectivity index (χ0n) is 9.51. The first kappa shape index (κ1) is 10.9. The van der Waals surface area contributed by atoms with Crippen LogP contribution < -0.4 is 0 Å². The zero-order valence-corrected chi connectivity index (χ0v) is 10.3. The van der Waals surface area contributed by atoms with Gasteiger partial charge in [0, 0.05) is 10.3 Å². The van der Waals surface area contributed by atoms with Gasteiger partial charge in [0.2, 0.25) is 0 Å². The fourth-order valence-electron chi connectivity index (χ4n) is 2.41. The van der Waals surface area contributed by atoms with Crippen LogP contribution in [0.25, 0.3) is 0 Å². The van der Waals surface area contributed by atoms with Crippen molar-refractivity contribution < 1.29 is 4.79 Å². The van der Waals surface area contributed by atoms with Gasteiger partial charge in [0.25, 0.3) is 0 Å². The van der Waals surface area contributed by atoms with Crippen LogP contribution in [0.2, 0.25) is 0 Å². The number of thiophene rings is 1. The number of Topliss-reactive ketones (excluding diaryl/α,β-unsaturated/α-hetero) is 1. The molecule has 2 rings (SSSR count). The van der Waals surface area contributed by atoms with Crippen LogP contribution in [0.1, 0.15) is 53.6 Å². The molecule has 0 aromatic carbocycles. The van der Waals surface area contributed by atoms with Gasteiger partial charge in [0.05, 0.1) is 4.88 Å². The Morgan fingerprint density at radius 3 is 2.47 bits per heavy atom. The highest BCUT2D eigenvalue weighted by atomic mass is 32.1. The number of aryl methyl sites for hydroxylation is 1. The Balaban J connectivity index is 2.19. The van der Waals surface area contributed by atoms with Gasteiger partial charge < -0.3 is 0 Å². The summed E-state index contributed by atoms with van der Waals surface area (Å²) in [6, 6.07) is 4.03. The molecule has 0 amide bonds. The largest absolute Gasteiger partial charge is 0.293 e. The first-order valence-corrected chi connectivity index (χ1v) is 6.55. The predicted octanol–water partition coefficient (Wildman–Crippen LogP) is 4.21. The minimum absolute atomic E-state index is 0.0739. The molecular weight excluding hydrogens is 204 g/mol. The van der Waals surface area contributed by atoms with Gasteiger partial charge in [0.1, 0.15) is 0 Å². The Kier molecular flexibility index (Phi) is 2.96. The Labute approximate surface area is 95.5 Å². The smallest absolute Gasteiger partial charge is 0.178 e. The summed E-state index contributed by atoms with van der Waals surface area (Å²) in [6.07, 6.45) is 5.87. The molecule has 15 heavy (non-hydrogen) atoms. The molecule has 0 bridgehead atoms. The minimum atomic E-state index is -0.0739. The van der Waals surface area contributed by atoms with Gasteiger partial charge in [0.15, 0.2) is 5.78 Å². The number of carbonyl (C=O) groups excluding carboxylic acids is 1. The van der Waals surface area contributed by atoms with Gasteiger partial charge in [-0.1, -0.05) is 26.2 Å².